The van der Waals surface area contributed by atoms with Crippen molar-refractivity contribution in [2.45, 2.75) is 89.9 Å². The highest BCUT2D eigenvalue weighted by molar-refractivity contribution is 6.80. The van der Waals surface area contributed by atoms with Gasteiger partial charge in [-0.25, -0.2) is 0 Å². The van der Waals surface area contributed by atoms with Gasteiger partial charge in [0.2, 0.25) is 0 Å². The van der Waals surface area contributed by atoms with Gasteiger partial charge in [-0.1, -0.05) is 90.4 Å². The summed E-state index contributed by atoms with van der Waals surface area (Å²) in [5.74, 6) is 6.51. The molecule has 8 unspecified atom stereocenters. The first-order valence-electron chi connectivity index (χ1n) is 11.9. The van der Waals surface area contributed by atoms with Crippen LogP contribution in [0.15, 0.2) is 30.3 Å². The van der Waals surface area contributed by atoms with Crippen LogP contribution in [0, 0.1) is 35.5 Å². The average molecular weight is 383 g/mol. The third-order valence-corrected chi connectivity index (χ3v) is 15.4. The Bertz CT molecular complexity index is 621. The third kappa shape index (κ3) is 3.17. The molecule has 0 radical (unpaired) electrons. The number of rotatable bonds is 3. The van der Waals surface area contributed by atoms with Crippen molar-refractivity contribution in [1.29, 1.82) is 0 Å². The van der Waals surface area contributed by atoms with Crippen LogP contribution in [0.2, 0.25) is 24.2 Å². The maximum atomic E-state index is 2.80. The van der Waals surface area contributed by atoms with Gasteiger partial charge in [0.15, 0.2) is 0 Å². The van der Waals surface area contributed by atoms with E-state index in [9.17, 15) is 0 Å². The molecule has 0 aliphatic heterocycles. The first-order chi connectivity index (χ1) is 12.8. The minimum absolute atomic E-state index is 0.843. The first-order valence-corrected chi connectivity index (χ1v) is 15.0. The van der Waals surface area contributed by atoms with Gasteiger partial charge in [0.05, 0.1) is 8.07 Å². The van der Waals surface area contributed by atoms with E-state index in [1.54, 1.807) is 5.56 Å². The molecule has 27 heavy (non-hydrogen) atoms. The van der Waals surface area contributed by atoms with E-state index < -0.39 is 8.07 Å². The van der Waals surface area contributed by atoms with Gasteiger partial charge in [-0.2, -0.15) is 0 Å². The third-order valence-electron chi connectivity index (χ3n) is 10.1. The molecule has 0 spiro atoms. The van der Waals surface area contributed by atoms with Crippen LogP contribution in [0.3, 0.4) is 0 Å². The normalized spacial score (nSPS) is 45.0. The Kier molecular flexibility index (Phi) is 5.38. The van der Waals surface area contributed by atoms with Crippen molar-refractivity contribution in [2.75, 3.05) is 0 Å². The molecule has 1 aromatic carbocycles. The highest BCUT2D eigenvalue weighted by Crippen LogP contribution is 2.64. The largest absolute Gasteiger partial charge is 0.0689 e. The summed E-state index contributed by atoms with van der Waals surface area (Å²) in [6.07, 6.45) is 7.48. The standard InChI is InChI=1S/C26H42Si/c1-17-18(2)20(4)26(19(17)3)27(5,6)25-16-24(21-12-8-7-9-13-21)22-14-10-11-15-23(22)25/h7-9,12-13,17-20,22-26H,10-11,14-16H2,1-6H3. The summed E-state index contributed by atoms with van der Waals surface area (Å²) >= 11 is 0. The van der Waals surface area contributed by atoms with Crippen LogP contribution in [-0.4, -0.2) is 8.07 Å². The lowest BCUT2D eigenvalue weighted by Crippen LogP contribution is -2.44. The summed E-state index contributed by atoms with van der Waals surface area (Å²) in [6, 6.07) is 11.6. The molecule has 3 saturated carbocycles. The molecule has 3 fully saturated rings. The number of hydrogen-bond donors (Lipinski definition) is 0. The number of hydrogen-bond acceptors (Lipinski definition) is 0. The molecule has 1 heteroatoms. The minimum atomic E-state index is -1.33. The Morgan fingerprint density at radius 3 is 1.89 bits per heavy atom. The van der Waals surface area contributed by atoms with Crippen LogP contribution in [0.4, 0.5) is 0 Å². The topological polar surface area (TPSA) is 0 Å². The van der Waals surface area contributed by atoms with Crippen molar-refractivity contribution in [2.24, 2.45) is 35.5 Å². The highest BCUT2D eigenvalue weighted by atomic mass is 28.3. The van der Waals surface area contributed by atoms with Crippen molar-refractivity contribution >= 4 is 8.07 Å². The van der Waals surface area contributed by atoms with Gasteiger partial charge < -0.3 is 0 Å². The summed E-state index contributed by atoms with van der Waals surface area (Å²) in [4.78, 5) is 0. The molecule has 3 aliphatic carbocycles. The zero-order valence-electron chi connectivity index (χ0n) is 18.6. The van der Waals surface area contributed by atoms with Gasteiger partial charge in [-0.15, -0.1) is 0 Å². The predicted molar refractivity (Wildman–Crippen MR) is 121 cm³/mol. The summed E-state index contributed by atoms with van der Waals surface area (Å²) in [7, 11) is -1.33. The van der Waals surface area contributed by atoms with E-state index in [-0.39, 0.29) is 0 Å². The van der Waals surface area contributed by atoms with Crippen molar-refractivity contribution in [3.8, 4) is 0 Å². The van der Waals surface area contributed by atoms with Crippen molar-refractivity contribution < 1.29 is 0 Å². The zero-order chi connectivity index (χ0) is 19.3. The Balaban J connectivity index is 1.66. The highest BCUT2D eigenvalue weighted by Gasteiger charge is 2.57. The second-order valence-corrected chi connectivity index (χ2v) is 16.3. The maximum absolute atomic E-state index is 2.80. The molecule has 3 aliphatic rings. The Hall–Kier alpha value is -0.563. The fourth-order valence-electron chi connectivity index (χ4n) is 8.44. The fraction of sp³-hybridized carbons (Fsp3) is 0.769. The predicted octanol–water partition coefficient (Wildman–Crippen LogP) is 7.99. The molecule has 1 aromatic rings. The van der Waals surface area contributed by atoms with E-state index in [0.717, 1.165) is 52.5 Å². The molecule has 0 N–H and O–H groups in total. The van der Waals surface area contributed by atoms with Crippen molar-refractivity contribution in [3.05, 3.63) is 35.9 Å². The van der Waals surface area contributed by atoms with E-state index in [4.69, 9.17) is 0 Å². The van der Waals surface area contributed by atoms with Crippen LogP contribution < -0.4 is 0 Å². The van der Waals surface area contributed by atoms with Crippen LogP contribution in [0.25, 0.3) is 0 Å². The molecular formula is C26H42Si. The van der Waals surface area contributed by atoms with Gasteiger partial charge in [0, 0.05) is 0 Å². The van der Waals surface area contributed by atoms with E-state index in [0.29, 0.717) is 0 Å². The molecule has 8 atom stereocenters. The molecule has 0 amide bonds. The molecular weight excluding hydrogens is 340 g/mol. The van der Waals surface area contributed by atoms with Crippen LogP contribution >= 0.6 is 0 Å². The van der Waals surface area contributed by atoms with Gasteiger partial charge in [0.25, 0.3) is 0 Å². The number of fused-ring (bicyclic) bond motifs is 1. The Morgan fingerprint density at radius 2 is 1.30 bits per heavy atom. The summed E-state index contributed by atoms with van der Waals surface area (Å²) in [6.45, 7) is 15.9. The van der Waals surface area contributed by atoms with Gasteiger partial charge in [-0.05, 0) is 70.9 Å². The molecule has 0 nitrogen and oxygen atoms in total. The fourth-order valence-corrected chi connectivity index (χ4v) is 14.6. The van der Waals surface area contributed by atoms with Gasteiger partial charge in [0.1, 0.15) is 0 Å². The molecule has 0 aromatic heterocycles. The molecule has 0 saturated heterocycles. The van der Waals surface area contributed by atoms with Crippen LogP contribution in [0.5, 0.6) is 0 Å². The second kappa shape index (κ2) is 7.36. The van der Waals surface area contributed by atoms with Crippen LogP contribution in [-0.2, 0) is 0 Å². The van der Waals surface area contributed by atoms with Crippen molar-refractivity contribution in [3.63, 3.8) is 0 Å². The summed E-state index contributed by atoms with van der Waals surface area (Å²) < 4.78 is 0. The molecule has 0 bridgehead atoms. The first kappa shape index (κ1) is 19.7. The monoisotopic (exact) mass is 382 g/mol. The lowest BCUT2D eigenvalue weighted by Gasteiger charge is -2.45. The number of benzene rings is 1. The summed E-state index contributed by atoms with van der Waals surface area (Å²) in [5, 5.41) is 0. The lowest BCUT2D eigenvalue weighted by atomic mass is 9.76. The lowest BCUT2D eigenvalue weighted by molar-refractivity contribution is 0.256. The molecule has 150 valence electrons. The average Bonchev–Trinajstić information content (AvgIpc) is 3.15. The zero-order valence-corrected chi connectivity index (χ0v) is 19.6. The minimum Gasteiger partial charge on any atom is -0.0689 e. The van der Waals surface area contributed by atoms with Crippen LogP contribution in [0.1, 0.15) is 71.3 Å². The van der Waals surface area contributed by atoms with Gasteiger partial charge in [-0.3, -0.25) is 0 Å². The van der Waals surface area contributed by atoms with E-state index in [1.807, 2.05) is 0 Å². The summed E-state index contributed by atoms with van der Waals surface area (Å²) in [5.41, 5.74) is 3.71. The van der Waals surface area contributed by atoms with Crippen molar-refractivity contribution in [1.82, 2.24) is 0 Å². The second-order valence-electron chi connectivity index (χ2n) is 11.3. The Labute approximate surface area is 169 Å². The van der Waals surface area contributed by atoms with E-state index in [2.05, 4.69) is 71.1 Å². The SMILES string of the molecule is CC1C(C)C(C)C([Si](C)(C)C2CC(c3ccccc3)C3CCCCC32)C1C. The van der Waals surface area contributed by atoms with Gasteiger partial charge >= 0.3 is 0 Å². The quantitative estimate of drug-likeness (QED) is 0.465. The smallest absolute Gasteiger partial charge is 0.0544 e. The molecule has 0 heterocycles. The Morgan fingerprint density at radius 1 is 0.741 bits per heavy atom. The van der Waals surface area contributed by atoms with E-state index in [1.165, 1.54) is 32.1 Å². The van der Waals surface area contributed by atoms with E-state index >= 15 is 0 Å². The maximum Gasteiger partial charge on any atom is 0.0544 e. The molecule has 4 rings (SSSR count).